The number of nitrogens with one attached hydrogen (secondary N) is 1. The molecule has 0 radical (unpaired) electrons. The third-order valence-corrected chi connectivity index (χ3v) is 5.12. The molecular weight excluding hydrogens is 363 g/mol. The molecule has 0 aliphatic heterocycles. The highest BCUT2D eigenvalue weighted by atomic mass is 32.1. The topological polar surface area (TPSA) is 46.2 Å². The SMILES string of the molecule is O=Cc1ccc(NC(=O)c2cc(C3C=CC=CC3)c(C(F)(F)F)s2)cc1. The van der Waals surface area contributed by atoms with Crippen molar-refractivity contribution in [1.29, 1.82) is 0 Å². The molecule has 1 aliphatic carbocycles. The Morgan fingerprint density at radius 2 is 1.92 bits per heavy atom. The molecule has 3 rings (SSSR count). The smallest absolute Gasteiger partial charge is 0.321 e. The molecule has 7 heteroatoms. The quantitative estimate of drug-likeness (QED) is 0.722. The van der Waals surface area contributed by atoms with Gasteiger partial charge in [-0.2, -0.15) is 13.2 Å². The third kappa shape index (κ3) is 3.94. The van der Waals surface area contributed by atoms with Crippen LogP contribution >= 0.6 is 11.3 Å². The van der Waals surface area contributed by atoms with E-state index in [1.165, 1.54) is 30.3 Å². The molecular formula is C19H14F3NO2S. The van der Waals surface area contributed by atoms with Crippen molar-refractivity contribution in [2.45, 2.75) is 18.5 Å². The number of carbonyl (C=O) groups is 2. The first-order valence-corrected chi connectivity index (χ1v) is 8.61. The first-order chi connectivity index (χ1) is 12.4. The standard InChI is InChI=1S/C19H14F3NO2S/c20-19(21,22)17-15(13-4-2-1-3-5-13)10-16(26-17)18(25)23-14-8-6-12(11-24)7-9-14/h1-4,6-11,13H,5H2,(H,23,25). The Labute approximate surface area is 151 Å². The van der Waals surface area contributed by atoms with Crippen LogP contribution < -0.4 is 5.32 Å². The highest BCUT2D eigenvalue weighted by Gasteiger charge is 2.38. The molecule has 1 aromatic heterocycles. The van der Waals surface area contributed by atoms with Crippen LogP contribution in [0.4, 0.5) is 18.9 Å². The number of amides is 1. The Morgan fingerprint density at radius 1 is 1.19 bits per heavy atom. The fourth-order valence-electron chi connectivity index (χ4n) is 2.66. The van der Waals surface area contributed by atoms with Gasteiger partial charge in [-0.3, -0.25) is 9.59 Å². The van der Waals surface area contributed by atoms with Crippen molar-refractivity contribution in [2.24, 2.45) is 0 Å². The molecule has 0 saturated carbocycles. The second kappa shape index (κ2) is 7.29. The van der Waals surface area contributed by atoms with E-state index >= 15 is 0 Å². The molecule has 1 aliphatic rings. The Balaban J connectivity index is 1.88. The molecule has 1 atom stereocenters. The molecule has 0 bridgehead atoms. The molecule has 134 valence electrons. The molecule has 1 N–H and O–H groups in total. The summed E-state index contributed by atoms with van der Waals surface area (Å²) in [6, 6.07) is 7.40. The van der Waals surface area contributed by atoms with Gasteiger partial charge in [0.25, 0.3) is 5.91 Å². The van der Waals surface area contributed by atoms with Crippen molar-refractivity contribution in [3.05, 3.63) is 75.5 Å². The molecule has 1 amide bonds. The van der Waals surface area contributed by atoms with Crippen LogP contribution in [0.15, 0.2) is 54.6 Å². The van der Waals surface area contributed by atoms with Gasteiger partial charge in [0.05, 0.1) is 4.88 Å². The van der Waals surface area contributed by atoms with Crippen LogP contribution in [-0.4, -0.2) is 12.2 Å². The summed E-state index contributed by atoms with van der Waals surface area (Å²) in [4.78, 5) is 22.3. The Hall–Kier alpha value is -2.67. The van der Waals surface area contributed by atoms with Crippen molar-refractivity contribution >= 4 is 29.2 Å². The first-order valence-electron chi connectivity index (χ1n) is 7.79. The average Bonchev–Trinajstić information content (AvgIpc) is 3.09. The number of aldehydes is 1. The zero-order valence-electron chi connectivity index (χ0n) is 13.4. The minimum Gasteiger partial charge on any atom is -0.321 e. The fourth-order valence-corrected chi connectivity index (χ4v) is 3.66. The molecule has 1 heterocycles. The number of carbonyl (C=O) groups excluding carboxylic acids is 2. The lowest BCUT2D eigenvalue weighted by atomic mass is 9.92. The maximum atomic E-state index is 13.4. The summed E-state index contributed by atoms with van der Waals surface area (Å²) >= 11 is 0.444. The van der Waals surface area contributed by atoms with Gasteiger partial charge in [-0.15, -0.1) is 11.3 Å². The van der Waals surface area contributed by atoms with E-state index in [0.29, 0.717) is 35.3 Å². The number of alkyl halides is 3. The van der Waals surface area contributed by atoms with E-state index in [-0.39, 0.29) is 10.4 Å². The van der Waals surface area contributed by atoms with Crippen molar-refractivity contribution in [3.8, 4) is 0 Å². The summed E-state index contributed by atoms with van der Waals surface area (Å²) < 4.78 is 40.2. The number of thiophene rings is 1. The number of allylic oxidation sites excluding steroid dienone is 4. The van der Waals surface area contributed by atoms with Gasteiger partial charge >= 0.3 is 6.18 Å². The molecule has 26 heavy (non-hydrogen) atoms. The molecule has 2 aromatic rings. The molecule has 0 spiro atoms. The highest BCUT2D eigenvalue weighted by molar-refractivity contribution is 7.14. The zero-order chi connectivity index (χ0) is 18.7. The van der Waals surface area contributed by atoms with Crippen LogP contribution in [0.25, 0.3) is 0 Å². The van der Waals surface area contributed by atoms with Gasteiger partial charge in [0.2, 0.25) is 0 Å². The van der Waals surface area contributed by atoms with Crippen LogP contribution in [-0.2, 0) is 6.18 Å². The molecule has 0 fully saturated rings. The fraction of sp³-hybridized carbons (Fsp3) is 0.158. The van der Waals surface area contributed by atoms with Gasteiger partial charge in [-0.25, -0.2) is 0 Å². The van der Waals surface area contributed by atoms with E-state index in [1.807, 2.05) is 0 Å². The lowest BCUT2D eigenvalue weighted by Crippen LogP contribution is -2.10. The van der Waals surface area contributed by atoms with Crippen LogP contribution in [0, 0.1) is 0 Å². The van der Waals surface area contributed by atoms with Crippen LogP contribution in [0.3, 0.4) is 0 Å². The minimum absolute atomic E-state index is 0.00487. The summed E-state index contributed by atoms with van der Waals surface area (Å²) in [5.41, 5.74) is 0.965. The van der Waals surface area contributed by atoms with E-state index in [0.717, 1.165) is 0 Å². The number of hydrogen-bond acceptors (Lipinski definition) is 3. The van der Waals surface area contributed by atoms with E-state index in [4.69, 9.17) is 0 Å². The van der Waals surface area contributed by atoms with E-state index < -0.39 is 22.9 Å². The van der Waals surface area contributed by atoms with Crippen LogP contribution in [0.1, 0.15) is 42.8 Å². The van der Waals surface area contributed by atoms with Gasteiger partial charge in [-0.1, -0.05) is 24.3 Å². The second-order valence-electron chi connectivity index (χ2n) is 5.74. The monoisotopic (exact) mass is 377 g/mol. The number of anilines is 1. The summed E-state index contributed by atoms with van der Waals surface area (Å²) in [5, 5.41) is 2.56. The van der Waals surface area contributed by atoms with Gasteiger partial charge in [-0.05, 0) is 42.3 Å². The van der Waals surface area contributed by atoms with E-state index in [9.17, 15) is 22.8 Å². The Bertz CT molecular complexity index is 879. The summed E-state index contributed by atoms with van der Waals surface area (Å²) in [5.74, 6) is -1.01. The van der Waals surface area contributed by atoms with Crippen molar-refractivity contribution in [2.75, 3.05) is 5.32 Å². The van der Waals surface area contributed by atoms with Gasteiger partial charge in [0.15, 0.2) is 0 Å². The van der Waals surface area contributed by atoms with Gasteiger partial charge in [0, 0.05) is 17.2 Å². The lowest BCUT2D eigenvalue weighted by molar-refractivity contribution is -0.135. The van der Waals surface area contributed by atoms with Gasteiger partial charge < -0.3 is 5.32 Å². The summed E-state index contributed by atoms with van der Waals surface area (Å²) in [6.45, 7) is 0. The van der Waals surface area contributed by atoms with Crippen LogP contribution in [0.5, 0.6) is 0 Å². The second-order valence-corrected chi connectivity index (χ2v) is 6.79. The maximum absolute atomic E-state index is 13.4. The molecule has 0 saturated heterocycles. The molecule has 3 nitrogen and oxygen atoms in total. The summed E-state index contributed by atoms with van der Waals surface area (Å²) in [6.07, 6.45) is 3.61. The normalized spacial score (nSPS) is 16.5. The Kier molecular flexibility index (Phi) is 5.08. The zero-order valence-corrected chi connectivity index (χ0v) is 14.2. The van der Waals surface area contributed by atoms with Crippen molar-refractivity contribution in [3.63, 3.8) is 0 Å². The average molecular weight is 377 g/mol. The number of halogens is 3. The predicted molar refractivity (Wildman–Crippen MR) is 94.7 cm³/mol. The highest BCUT2D eigenvalue weighted by Crippen LogP contribution is 2.43. The first kappa shape index (κ1) is 18.1. The van der Waals surface area contributed by atoms with E-state index in [2.05, 4.69) is 5.32 Å². The maximum Gasteiger partial charge on any atom is 0.425 e. The summed E-state index contributed by atoms with van der Waals surface area (Å²) in [7, 11) is 0. The van der Waals surface area contributed by atoms with Gasteiger partial charge in [0.1, 0.15) is 11.2 Å². The molecule has 1 aromatic carbocycles. The van der Waals surface area contributed by atoms with E-state index in [1.54, 1.807) is 24.3 Å². The number of hydrogen-bond donors (Lipinski definition) is 1. The number of benzene rings is 1. The predicted octanol–water partition coefficient (Wildman–Crippen LogP) is 5.43. The molecule has 1 unspecified atom stereocenters. The third-order valence-electron chi connectivity index (χ3n) is 3.93. The van der Waals surface area contributed by atoms with Crippen molar-refractivity contribution in [1.82, 2.24) is 0 Å². The van der Waals surface area contributed by atoms with Crippen molar-refractivity contribution < 1.29 is 22.8 Å². The lowest BCUT2D eigenvalue weighted by Gasteiger charge is -2.15. The van der Waals surface area contributed by atoms with Crippen LogP contribution in [0.2, 0.25) is 0 Å². The minimum atomic E-state index is -4.51. The largest absolute Gasteiger partial charge is 0.425 e. The Morgan fingerprint density at radius 3 is 2.50 bits per heavy atom. The number of rotatable bonds is 4.